The molecule has 0 saturated carbocycles. The minimum atomic E-state index is -0.747. The van der Waals surface area contributed by atoms with Crippen LogP contribution in [0.25, 0.3) is 32.9 Å². The Balaban J connectivity index is 1.05. The summed E-state index contributed by atoms with van der Waals surface area (Å²) in [5.41, 5.74) is -0.252. The number of terminal acetylenes is 1. The van der Waals surface area contributed by atoms with E-state index in [0.29, 0.717) is 75.7 Å². The number of benzene rings is 2. The molecule has 4 saturated heterocycles. The first kappa shape index (κ1) is 39.2. The molecule has 8 rings (SSSR count). The van der Waals surface area contributed by atoms with E-state index < -0.39 is 11.6 Å². The van der Waals surface area contributed by atoms with Gasteiger partial charge in [-0.1, -0.05) is 18.9 Å². The zero-order valence-electron chi connectivity index (χ0n) is 32.7. The summed E-state index contributed by atoms with van der Waals surface area (Å²) in [6.07, 6.45) is 14.4. The Morgan fingerprint density at radius 3 is 2.65 bits per heavy atom. The van der Waals surface area contributed by atoms with E-state index in [0.717, 1.165) is 51.5 Å². The Morgan fingerprint density at radius 2 is 1.88 bits per heavy atom. The maximum absolute atomic E-state index is 17.1. The monoisotopic (exact) mass is 783 g/mol. The average molecular weight is 784 g/mol. The number of carbonyl (C=O) groups excluding carboxylic acids is 1. The largest absolute Gasteiger partial charge is 0.508 e. The van der Waals surface area contributed by atoms with Crippen LogP contribution >= 0.6 is 0 Å². The number of anilines is 1. The molecular weight excluding hydrogens is 733 g/mol. The van der Waals surface area contributed by atoms with Crippen LogP contribution in [0.15, 0.2) is 30.5 Å². The van der Waals surface area contributed by atoms with Gasteiger partial charge in [-0.2, -0.15) is 9.97 Å². The summed E-state index contributed by atoms with van der Waals surface area (Å²) in [7, 11) is 1.85. The molecule has 0 aliphatic carbocycles. The number of fused-ring (bicyclic) bond motifs is 5. The lowest BCUT2D eigenvalue weighted by atomic mass is 9.95. The molecule has 0 radical (unpaired) electrons. The molecule has 4 atom stereocenters. The number of hydrogen-bond acceptors (Lipinski definition) is 11. The fourth-order valence-electron chi connectivity index (χ4n) is 9.48. The number of phenols is 1. The van der Waals surface area contributed by atoms with Crippen LogP contribution in [0.1, 0.15) is 63.9 Å². The van der Waals surface area contributed by atoms with Gasteiger partial charge in [-0.15, -0.1) is 6.42 Å². The van der Waals surface area contributed by atoms with E-state index in [1.54, 1.807) is 11.1 Å². The van der Waals surface area contributed by atoms with E-state index in [1.165, 1.54) is 24.3 Å². The number of carbonyl (C=O) groups is 1. The van der Waals surface area contributed by atoms with Crippen LogP contribution in [-0.2, 0) is 14.3 Å². The molecule has 4 fully saturated rings. The molecule has 4 aromatic rings. The predicted molar refractivity (Wildman–Crippen MR) is 213 cm³/mol. The van der Waals surface area contributed by atoms with Crippen LogP contribution in [0.3, 0.4) is 0 Å². The van der Waals surface area contributed by atoms with Crippen molar-refractivity contribution in [1.82, 2.24) is 30.1 Å². The molecule has 302 valence electrons. The second kappa shape index (κ2) is 16.7. The van der Waals surface area contributed by atoms with Gasteiger partial charge in [0.1, 0.15) is 35.2 Å². The summed E-state index contributed by atoms with van der Waals surface area (Å²) >= 11 is 0. The molecule has 4 aliphatic rings. The van der Waals surface area contributed by atoms with Gasteiger partial charge in [-0.3, -0.25) is 14.7 Å². The molecule has 2 bridgehead atoms. The fraction of sp³-hybridized carbons (Fsp3) is 0.535. The van der Waals surface area contributed by atoms with Crippen LogP contribution in [-0.4, -0.2) is 126 Å². The highest BCUT2D eigenvalue weighted by molar-refractivity contribution is 6.03. The minimum absolute atomic E-state index is 0.0173. The molecular formula is C43H51F2N7O5. The Labute approximate surface area is 331 Å². The number of hydrogen-bond donors (Lipinski definition) is 2. The van der Waals surface area contributed by atoms with E-state index in [4.69, 9.17) is 30.6 Å². The van der Waals surface area contributed by atoms with Gasteiger partial charge in [-0.05, 0) is 75.1 Å². The lowest BCUT2D eigenvalue weighted by Gasteiger charge is -2.36. The SMILES string of the molecule is C#Cc1c(F)ccc2cc(O)cc(-c3ncc4c(N5CC6CCC(C5)N6)nc(OCC56CCCN5C(CN(C)C(=O)CCOCCOCCC)CC6)nc4c3F)c12. The summed E-state index contributed by atoms with van der Waals surface area (Å²) in [6.45, 7) is 7.34. The van der Waals surface area contributed by atoms with Crippen LogP contribution < -0.4 is 15.0 Å². The Hall–Kier alpha value is -4.68. The predicted octanol–water partition coefficient (Wildman–Crippen LogP) is 5.42. The number of phenolic OH excluding ortho intramolecular Hbond substituents is 1. The number of piperazine rings is 1. The number of pyridine rings is 1. The standard InChI is InChI=1S/C43H51F2N7O5/c1-4-16-55-18-19-56-17-12-36(54)50(3)25-30-11-14-43(13-6-15-52(30)43)26-57-42-48-40-34(41(49-42)51-23-28-8-9-29(24-51)47-28)22-46-39(38(40)45)33-21-31(53)20-27-7-10-35(44)32(5-2)37(27)33/h2,7,10,20-22,28-30,47,53H,4,6,8-9,11-19,23-26H2,1,3H3. The first-order valence-electron chi connectivity index (χ1n) is 20.3. The van der Waals surface area contributed by atoms with Crippen LogP contribution in [0.5, 0.6) is 11.8 Å². The molecule has 4 aliphatic heterocycles. The highest BCUT2D eigenvalue weighted by Gasteiger charge is 2.50. The van der Waals surface area contributed by atoms with Gasteiger partial charge in [0.05, 0.1) is 42.7 Å². The molecule has 0 spiro atoms. The first-order valence-corrected chi connectivity index (χ1v) is 20.3. The summed E-state index contributed by atoms with van der Waals surface area (Å²) in [5, 5.41) is 15.5. The van der Waals surface area contributed by atoms with E-state index in [9.17, 15) is 14.3 Å². The Bertz CT molecular complexity index is 2170. The third-order valence-electron chi connectivity index (χ3n) is 12.2. The van der Waals surface area contributed by atoms with Crippen molar-refractivity contribution in [2.24, 2.45) is 0 Å². The van der Waals surface area contributed by atoms with E-state index in [2.05, 4.69) is 32.9 Å². The summed E-state index contributed by atoms with van der Waals surface area (Å²) in [6, 6.07) is 6.35. The third kappa shape index (κ3) is 7.82. The topological polar surface area (TPSA) is 125 Å². The molecule has 12 nitrogen and oxygen atoms in total. The maximum atomic E-state index is 17.1. The Kier molecular flexibility index (Phi) is 11.4. The molecule has 1 amide bonds. The van der Waals surface area contributed by atoms with Gasteiger partial charge >= 0.3 is 6.01 Å². The van der Waals surface area contributed by atoms with E-state index >= 15 is 4.39 Å². The fourth-order valence-corrected chi connectivity index (χ4v) is 9.48. The molecule has 2 aromatic heterocycles. The van der Waals surface area contributed by atoms with Crippen molar-refractivity contribution in [3.8, 4) is 35.4 Å². The van der Waals surface area contributed by atoms with Crippen LogP contribution in [0.2, 0.25) is 0 Å². The molecule has 14 heteroatoms. The summed E-state index contributed by atoms with van der Waals surface area (Å²) < 4.78 is 49.6. The van der Waals surface area contributed by atoms with Crippen molar-refractivity contribution in [3.05, 3.63) is 47.7 Å². The summed E-state index contributed by atoms with van der Waals surface area (Å²) in [5.74, 6) is 1.48. The van der Waals surface area contributed by atoms with Gasteiger partial charge in [0.2, 0.25) is 5.91 Å². The number of aromatic nitrogens is 3. The van der Waals surface area contributed by atoms with Crippen molar-refractivity contribution >= 4 is 33.4 Å². The molecule has 2 aromatic carbocycles. The Morgan fingerprint density at radius 1 is 1.09 bits per heavy atom. The molecule has 6 heterocycles. The van der Waals surface area contributed by atoms with Gasteiger partial charge in [0.25, 0.3) is 0 Å². The first-order chi connectivity index (χ1) is 27.7. The normalized spacial score (nSPS) is 23.0. The van der Waals surface area contributed by atoms with E-state index in [-0.39, 0.29) is 69.1 Å². The highest BCUT2D eigenvalue weighted by atomic mass is 19.1. The van der Waals surface area contributed by atoms with Gasteiger partial charge in [0, 0.05) is 68.6 Å². The zero-order chi connectivity index (χ0) is 39.7. The smallest absolute Gasteiger partial charge is 0.319 e. The lowest BCUT2D eigenvalue weighted by molar-refractivity contribution is -0.132. The number of nitrogens with zero attached hydrogens (tertiary/aromatic N) is 6. The molecule has 2 N–H and O–H groups in total. The van der Waals surface area contributed by atoms with E-state index in [1.807, 2.05) is 7.05 Å². The zero-order valence-corrected chi connectivity index (χ0v) is 32.7. The van der Waals surface area contributed by atoms with Crippen molar-refractivity contribution in [1.29, 1.82) is 0 Å². The molecule has 57 heavy (non-hydrogen) atoms. The average Bonchev–Trinajstić information content (AvgIpc) is 3.89. The maximum Gasteiger partial charge on any atom is 0.319 e. The minimum Gasteiger partial charge on any atom is -0.508 e. The van der Waals surface area contributed by atoms with Gasteiger partial charge in [-0.25, -0.2) is 8.78 Å². The highest BCUT2D eigenvalue weighted by Crippen LogP contribution is 2.44. The lowest BCUT2D eigenvalue weighted by Crippen LogP contribution is -2.51. The number of nitrogens with one attached hydrogen (secondary N) is 1. The number of amides is 1. The number of ether oxygens (including phenoxy) is 3. The number of rotatable bonds is 15. The van der Waals surface area contributed by atoms with Crippen LogP contribution in [0.4, 0.5) is 14.6 Å². The van der Waals surface area contributed by atoms with Crippen molar-refractivity contribution in [2.45, 2.75) is 82.0 Å². The molecule has 4 unspecified atom stereocenters. The summed E-state index contributed by atoms with van der Waals surface area (Å²) in [4.78, 5) is 33.6. The number of halogens is 2. The quantitative estimate of drug-likeness (QED) is 0.119. The second-order valence-electron chi connectivity index (χ2n) is 16.0. The van der Waals surface area contributed by atoms with Crippen molar-refractivity contribution in [3.63, 3.8) is 0 Å². The third-order valence-corrected chi connectivity index (χ3v) is 12.2. The second-order valence-corrected chi connectivity index (χ2v) is 16.0. The van der Waals surface area contributed by atoms with Gasteiger partial charge in [0.15, 0.2) is 5.82 Å². The van der Waals surface area contributed by atoms with Gasteiger partial charge < -0.3 is 34.4 Å². The van der Waals surface area contributed by atoms with Crippen molar-refractivity contribution in [2.75, 3.05) is 71.2 Å². The number of likely N-dealkylation sites (N-methyl/N-ethyl adjacent to an activating group) is 1. The number of aromatic hydroxyl groups is 1. The van der Waals surface area contributed by atoms with Crippen LogP contribution in [0, 0.1) is 24.0 Å². The van der Waals surface area contributed by atoms with Crippen molar-refractivity contribution < 1.29 is 32.9 Å².